The molecule has 4 aromatic rings. The van der Waals surface area contributed by atoms with Gasteiger partial charge in [0.15, 0.2) is 16.8 Å². The summed E-state index contributed by atoms with van der Waals surface area (Å²) in [5.41, 5.74) is 2.94. The number of aromatic nitrogens is 4. The minimum absolute atomic E-state index is 0.202. The number of anilines is 1. The van der Waals surface area contributed by atoms with Crippen molar-refractivity contribution in [2.75, 3.05) is 11.9 Å². The molecule has 1 amide bonds. The van der Waals surface area contributed by atoms with Crippen LogP contribution in [-0.4, -0.2) is 37.7 Å². The molecule has 4 rings (SSSR count). The number of carbonyl (C=O) groups is 1. The van der Waals surface area contributed by atoms with E-state index in [1.807, 2.05) is 67.8 Å². The normalized spacial score (nSPS) is 11.9. The van der Waals surface area contributed by atoms with Crippen LogP contribution in [0.2, 0.25) is 0 Å². The van der Waals surface area contributed by atoms with E-state index in [1.165, 1.54) is 11.8 Å². The zero-order valence-corrected chi connectivity index (χ0v) is 19.7. The summed E-state index contributed by atoms with van der Waals surface area (Å²) < 4.78 is 12.6. The molecule has 8 nitrogen and oxygen atoms in total. The van der Waals surface area contributed by atoms with Crippen molar-refractivity contribution in [3.05, 3.63) is 65.9 Å². The number of hydrogen-bond acceptors (Lipinski definition) is 7. The monoisotopic (exact) mass is 463 g/mol. The maximum absolute atomic E-state index is 12.7. The fourth-order valence-corrected chi connectivity index (χ4v) is 4.14. The number of rotatable bonds is 8. The Kier molecular flexibility index (Phi) is 6.79. The maximum atomic E-state index is 12.7. The molecule has 0 spiro atoms. The molecule has 2 aromatic heterocycles. The number of ether oxygens (including phenoxy) is 1. The minimum Gasteiger partial charge on any atom is -0.494 e. The molecule has 0 bridgehead atoms. The highest BCUT2D eigenvalue weighted by molar-refractivity contribution is 8.00. The molecular formula is C24H25N5O3S. The van der Waals surface area contributed by atoms with E-state index in [2.05, 4.69) is 26.7 Å². The smallest absolute Gasteiger partial charge is 0.238 e. The first-order chi connectivity index (χ1) is 15.9. The average Bonchev–Trinajstić information content (AvgIpc) is 3.40. The predicted octanol–water partition coefficient (Wildman–Crippen LogP) is 5.06. The number of nitrogens with one attached hydrogen (secondary N) is 1. The SMILES string of the molecule is CCOc1ccc(-n2c(SC(C)C(=O)Nc3cc(C)on3)nnc2-c2cccc(C)c2)cc1. The van der Waals surface area contributed by atoms with Crippen LogP contribution in [0.5, 0.6) is 5.75 Å². The quantitative estimate of drug-likeness (QED) is 0.365. The Labute approximate surface area is 196 Å². The molecule has 0 fully saturated rings. The first-order valence-corrected chi connectivity index (χ1v) is 11.5. The number of nitrogens with zero attached hydrogens (tertiary/aromatic N) is 4. The Morgan fingerprint density at radius 3 is 2.61 bits per heavy atom. The largest absolute Gasteiger partial charge is 0.494 e. The van der Waals surface area contributed by atoms with Gasteiger partial charge in [-0.05, 0) is 58.0 Å². The first kappa shape index (κ1) is 22.6. The Morgan fingerprint density at radius 1 is 1.15 bits per heavy atom. The van der Waals surface area contributed by atoms with Gasteiger partial charge in [0.1, 0.15) is 11.5 Å². The highest BCUT2D eigenvalue weighted by Crippen LogP contribution is 2.31. The second kappa shape index (κ2) is 9.91. The fraction of sp³-hybridized carbons (Fsp3) is 0.250. The van der Waals surface area contributed by atoms with Crippen molar-refractivity contribution in [3.63, 3.8) is 0 Å². The molecule has 1 unspecified atom stereocenters. The summed E-state index contributed by atoms with van der Waals surface area (Å²) >= 11 is 1.32. The third-order valence-electron chi connectivity index (χ3n) is 4.85. The molecule has 0 aliphatic carbocycles. The molecule has 1 N–H and O–H groups in total. The Morgan fingerprint density at radius 2 is 1.94 bits per heavy atom. The number of carbonyl (C=O) groups excluding carboxylic acids is 1. The van der Waals surface area contributed by atoms with E-state index in [0.717, 1.165) is 22.6 Å². The predicted molar refractivity (Wildman–Crippen MR) is 128 cm³/mol. The molecule has 0 aliphatic heterocycles. The van der Waals surface area contributed by atoms with Crippen LogP contribution in [0, 0.1) is 13.8 Å². The van der Waals surface area contributed by atoms with Gasteiger partial charge in [-0.25, -0.2) is 0 Å². The highest BCUT2D eigenvalue weighted by Gasteiger charge is 2.22. The van der Waals surface area contributed by atoms with E-state index in [9.17, 15) is 4.79 Å². The van der Waals surface area contributed by atoms with Crippen LogP contribution in [0.1, 0.15) is 25.2 Å². The Bertz CT molecular complexity index is 1250. The van der Waals surface area contributed by atoms with Crippen LogP contribution in [0.15, 0.2) is 64.3 Å². The minimum atomic E-state index is -0.446. The van der Waals surface area contributed by atoms with Gasteiger partial charge < -0.3 is 14.6 Å². The van der Waals surface area contributed by atoms with Gasteiger partial charge >= 0.3 is 0 Å². The van der Waals surface area contributed by atoms with E-state index in [0.29, 0.717) is 29.2 Å². The summed E-state index contributed by atoms with van der Waals surface area (Å²) in [5.74, 6) is 2.30. The fourth-order valence-electron chi connectivity index (χ4n) is 3.27. The lowest BCUT2D eigenvalue weighted by Crippen LogP contribution is -2.23. The molecule has 33 heavy (non-hydrogen) atoms. The molecule has 0 radical (unpaired) electrons. The number of aryl methyl sites for hydroxylation is 2. The zero-order valence-electron chi connectivity index (χ0n) is 18.9. The molecule has 170 valence electrons. The van der Waals surface area contributed by atoms with Gasteiger partial charge in [0.2, 0.25) is 5.91 Å². The van der Waals surface area contributed by atoms with Crippen molar-refractivity contribution in [2.24, 2.45) is 0 Å². The van der Waals surface area contributed by atoms with E-state index in [1.54, 1.807) is 13.0 Å². The molecule has 2 aromatic carbocycles. The van der Waals surface area contributed by atoms with Crippen molar-refractivity contribution in [1.82, 2.24) is 19.9 Å². The van der Waals surface area contributed by atoms with Crippen LogP contribution in [0.25, 0.3) is 17.1 Å². The van der Waals surface area contributed by atoms with Gasteiger partial charge in [-0.3, -0.25) is 9.36 Å². The van der Waals surface area contributed by atoms with Gasteiger partial charge in [-0.15, -0.1) is 10.2 Å². The summed E-state index contributed by atoms with van der Waals surface area (Å²) in [4.78, 5) is 12.7. The second-order valence-corrected chi connectivity index (χ2v) is 8.82. The second-order valence-electron chi connectivity index (χ2n) is 7.51. The van der Waals surface area contributed by atoms with Crippen molar-refractivity contribution in [3.8, 4) is 22.8 Å². The Balaban J connectivity index is 1.66. The Hall–Kier alpha value is -3.59. The van der Waals surface area contributed by atoms with Crippen molar-refractivity contribution in [2.45, 2.75) is 38.1 Å². The van der Waals surface area contributed by atoms with Gasteiger partial charge in [0.25, 0.3) is 0 Å². The van der Waals surface area contributed by atoms with Gasteiger partial charge in [-0.2, -0.15) is 0 Å². The molecule has 9 heteroatoms. The average molecular weight is 464 g/mol. The molecule has 0 aliphatic rings. The first-order valence-electron chi connectivity index (χ1n) is 10.6. The third-order valence-corrected chi connectivity index (χ3v) is 5.89. The van der Waals surface area contributed by atoms with E-state index >= 15 is 0 Å². The number of hydrogen-bond donors (Lipinski definition) is 1. The lowest BCUT2D eigenvalue weighted by atomic mass is 10.1. The van der Waals surface area contributed by atoms with Crippen LogP contribution in [0.3, 0.4) is 0 Å². The zero-order chi connectivity index (χ0) is 23.4. The van der Waals surface area contributed by atoms with Crippen LogP contribution in [0.4, 0.5) is 5.82 Å². The molecule has 1 atom stereocenters. The van der Waals surface area contributed by atoms with Crippen molar-refractivity contribution < 1.29 is 14.1 Å². The van der Waals surface area contributed by atoms with E-state index in [-0.39, 0.29) is 5.91 Å². The standard InChI is InChI=1S/C24H25N5O3S/c1-5-31-20-11-9-19(10-12-20)29-22(18-8-6-7-15(2)13-18)26-27-24(29)33-17(4)23(30)25-21-14-16(3)32-28-21/h6-14,17H,5H2,1-4H3,(H,25,28,30). The lowest BCUT2D eigenvalue weighted by Gasteiger charge is -2.14. The van der Waals surface area contributed by atoms with Crippen LogP contribution in [-0.2, 0) is 4.79 Å². The van der Waals surface area contributed by atoms with Gasteiger partial charge in [-0.1, -0.05) is 40.7 Å². The summed E-state index contributed by atoms with van der Waals surface area (Å²) in [5, 5.41) is 15.6. The van der Waals surface area contributed by atoms with Crippen LogP contribution >= 0.6 is 11.8 Å². The summed E-state index contributed by atoms with van der Waals surface area (Å²) in [6.45, 7) is 8.17. The number of thioether (sulfide) groups is 1. The van der Waals surface area contributed by atoms with Crippen LogP contribution < -0.4 is 10.1 Å². The van der Waals surface area contributed by atoms with Gasteiger partial charge in [0, 0.05) is 17.3 Å². The lowest BCUT2D eigenvalue weighted by molar-refractivity contribution is -0.115. The van der Waals surface area contributed by atoms with Gasteiger partial charge in [0.05, 0.1) is 11.9 Å². The highest BCUT2D eigenvalue weighted by atomic mass is 32.2. The van der Waals surface area contributed by atoms with Crippen molar-refractivity contribution >= 4 is 23.5 Å². The van der Waals surface area contributed by atoms with E-state index in [4.69, 9.17) is 9.26 Å². The molecule has 0 saturated carbocycles. The third kappa shape index (κ3) is 5.25. The number of amides is 1. The summed E-state index contributed by atoms with van der Waals surface area (Å²) in [7, 11) is 0. The maximum Gasteiger partial charge on any atom is 0.238 e. The van der Waals surface area contributed by atoms with E-state index < -0.39 is 5.25 Å². The molecular weight excluding hydrogens is 438 g/mol. The molecule has 0 saturated heterocycles. The number of benzene rings is 2. The summed E-state index contributed by atoms with van der Waals surface area (Å²) in [6.07, 6.45) is 0. The summed E-state index contributed by atoms with van der Waals surface area (Å²) in [6, 6.07) is 17.5. The molecule has 2 heterocycles. The van der Waals surface area contributed by atoms with Crippen molar-refractivity contribution in [1.29, 1.82) is 0 Å². The topological polar surface area (TPSA) is 95.1 Å².